The van der Waals surface area contributed by atoms with E-state index in [0.29, 0.717) is 0 Å². The van der Waals surface area contributed by atoms with Crippen molar-refractivity contribution in [2.75, 3.05) is 20.1 Å². The molecule has 0 amide bonds. The van der Waals surface area contributed by atoms with E-state index in [4.69, 9.17) is 17.0 Å². The molecule has 1 saturated heterocycles. The fourth-order valence-corrected chi connectivity index (χ4v) is 1.91. The Balaban J connectivity index is 2.62. The van der Waals surface area contributed by atoms with Crippen LogP contribution in [0.15, 0.2) is 0 Å². The summed E-state index contributed by atoms with van der Waals surface area (Å²) >= 11 is 5.19. The number of rotatable bonds is 0. The van der Waals surface area contributed by atoms with Crippen LogP contribution in [0.1, 0.15) is 20.8 Å². The lowest BCUT2D eigenvalue weighted by atomic mass is 10.1. The smallest absolute Gasteiger partial charge is 0.168 e. The SMILES string of the molecule is CNC(=S)N1CC(C)OC(C)(C)C1. The summed E-state index contributed by atoms with van der Waals surface area (Å²) in [5.74, 6) is 0. The van der Waals surface area contributed by atoms with Crippen LogP contribution in [0, 0.1) is 0 Å². The van der Waals surface area contributed by atoms with E-state index in [1.165, 1.54) is 0 Å². The number of nitrogens with one attached hydrogen (secondary N) is 1. The minimum Gasteiger partial charge on any atom is -0.369 e. The lowest BCUT2D eigenvalue weighted by molar-refractivity contribution is -0.112. The Morgan fingerprint density at radius 2 is 2.23 bits per heavy atom. The second-order valence-corrected chi connectivity index (χ2v) is 4.51. The lowest BCUT2D eigenvalue weighted by Gasteiger charge is -2.42. The summed E-state index contributed by atoms with van der Waals surface area (Å²) in [5.41, 5.74) is -0.0986. The Morgan fingerprint density at radius 3 is 2.69 bits per heavy atom. The fraction of sp³-hybridized carbons (Fsp3) is 0.889. The molecule has 0 spiro atoms. The third kappa shape index (κ3) is 2.81. The van der Waals surface area contributed by atoms with Crippen LogP contribution in [-0.2, 0) is 4.74 Å². The van der Waals surface area contributed by atoms with Gasteiger partial charge in [-0.3, -0.25) is 0 Å². The van der Waals surface area contributed by atoms with Crippen LogP contribution in [0.4, 0.5) is 0 Å². The predicted molar refractivity (Wildman–Crippen MR) is 57.9 cm³/mol. The minimum absolute atomic E-state index is 0.0986. The summed E-state index contributed by atoms with van der Waals surface area (Å²) in [6, 6.07) is 0. The van der Waals surface area contributed by atoms with Gasteiger partial charge in [-0.2, -0.15) is 0 Å². The zero-order valence-electron chi connectivity index (χ0n) is 8.76. The fourth-order valence-electron chi connectivity index (χ4n) is 1.77. The molecule has 1 rings (SSSR count). The van der Waals surface area contributed by atoms with Gasteiger partial charge < -0.3 is 15.0 Å². The molecule has 1 aliphatic rings. The maximum atomic E-state index is 5.77. The standard InChI is InChI=1S/C9H18N2OS/c1-7-5-11(8(13)10-4)6-9(2,3)12-7/h7H,5-6H2,1-4H3,(H,10,13). The molecule has 13 heavy (non-hydrogen) atoms. The van der Waals surface area contributed by atoms with E-state index in [2.05, 4.69) is 31.0 Å². The molecular weight excluding hydrogens is 184 g/mol. The van der Waals surface area contributed by atoms with Gasteiger partial charge in [0.15, 0.2) is 5.11 Å². The van der Waals surface area contributed by atoms with Gasteiger partial charge >= 0.3 is 0 Å². The molecule has 4 heteroatoms. The first-order chi connectivity index (χ1) is 5.94. The third-order valence-electron chi connectivity index (χ3n) is 2.07. The normalized spacial score (nSPS) is 27.1. The van der Waals surface area contributed by atoms with Crippen molar-refractivity contribution in [3.63, 3.8) is 0 Å². The van der Waals surface area contributed by atoms with Crippen molar-refractivity contribution >= 4 is 17.3 Å². The van der Waals surface area contributed by atoms with Gasteiger partial charge in [0.25, 0.3) is 0 Å². The first-order valence-corrected chi connectivity index (χ1v) is 5.00. The highest BCUT2D eigenvalue weighted by Crippen LogP contribution is 2.20. The number of hydrogen-bond donors (Lipinski definition) is 1. The highest BCUT2D eigenvalue weighted by Gasteiger charge is 2.31. The largest absolute Gasteiger partial charge is 0.369 e. The van der Waals surface area contributed by atoms with E-state index < -0.39 is 0 Å². The molecule has 1 atom stereocenters. The highest BCUT2D eigenvalue weighted by atomic mass is 32.1. The second-order valence-electron chi connectivity index (χ2n) is 4.12. The molecule has 0 bridgehead atoms. The van der Waals surface area contributed by atoms with Gasteiger partial charge in [0.2, 0.25) is 0 Å². The van der Waals surface area contributed by atoms with Crippen LogP contribution in [-0.4, -0.2) is 41.9 Å². The number of ether oxygens (including phenoxy) is 1. The molecule has 3 nitrogen and oxygen atoms in total. The molecule has 1 unspecified atom stereocenters. The molecule has 1 N–H and O–H groups in total. The maximum absolute atomic E-state index is 5.77. The van der Waals surface area contributed by atoms with Crippen molar-refractivity contribution in [2.24, 2.45) is 0 Å². The van der Waals surface area contributed by atoms with Crippen molar-refractivity contribution < 1.29 is 4.74 Å². The van der Waals surface area contributed by atoms with E-state index in [0.717, 1.165) is 18.2 Å². The molecule has 0 radical (unpaired) electrons. The molecule has 0 saturated carbocycles. The van der Waals surface area contributed by atoms with Crippen LogP contribution in [0.25, 0.3) is 0 Å². The maximum Gasteiger partial charge on any atom is 0.168 e. The van der Waals surface area contributed by atoms with Gasteiger partial charge in [-0.15, -0.1) is 0 Å². The van der Waals surface area contributed by atoms with E-state index in [-0.39, 0.29) is 11.7 Å². The van der Waals surface area contributed by atoms with Gasteiger partial charge in [0.05, 0.1) is 11.7 Å². The van der Waals surface area contributed by atoms with E-state index >= 15 is 0 Å². The van der Waals surface area contributed by atoms with E-state index in [1.807, 2.05) is 7.05 Å². The first kappa shape index (κ1) is 10.7. The Kier molecular flexibility index (Phi) is 3.14. The molecule has 0 aliphatic carbocycles. The summed E-state index contributed by atoms with van der Waals surface area (Å²) in [6.45, 7) is 7.99. The summed E-state index contributed by atoms with van der Waals surface area (Å²) in [5, 5.41) is 3.80. The number of thiocarbonyl (C=S) groups is 1. The second kappa shape index (κ2) is 3.80. The van der Waals surface area contributed by atoms with E-state index in [9.17, 15) is 0 Å². The van der Waals surface area contributed by atoms with Crippen LogP contribution >= 0.6 is 12.2 Å². The van der Waals surface area contributed by atoms with Gasteiger partial charge in [0.1, 0.15) is 0 Å². The van der Waals surface area contributed by atoms with Crippen molar-refractivity contribution in [1.82, 2.24) is 10.2 Å². The van der Waals surface area contributed by atoms with Crippen LogP contribution in [0.2, 0.25) is 0 Å². The molecule has 1 heterocycles. The predicted octanol–water partition coefficient (Wildman–Crippen LogP) is 0.990. The van der Waals surface area contributed by atoms with Crippen LogP contribution in [0.5, 0.6) is 0 Å². The molecule has 0 aromatic heterocycles. The van der Waals surface area contributed by atoms with Gasteiger partial charge in [-0.1, -0.05) is 0 Å². The molecule has 1 aliphatic heterocycles. The van der Waals surface area contributed by atoms with Crippen LogP contribution in [0.3, 0.4) is 0 Å². The Labute approximate surface area is 85.4 Å². The third-order valence-corrected chi connectivity index (χ3v) is 2.53. The zero-order valence-corrected chi connectivity index (χ0v) is 9.57. The monoisotopic (exact) mass is 202 g/mol. The summed E-state index contributed by atoms with van der Waals surface area (Å²) in [7, 11) is 1.86. The van der Waals surface area contributed by atoms with Gasteiger partial charge in [-0.05, 0) is 33.0 Å². The van der Waals surface area contributed by atoms with Crippen molar-refractivity contribution in [3.8, 4) is 0 Å². The van der Waals surface area contributed by atoms with Gasteiger partial charge in [-0.25, -0.2) is 0 Å². The van der Waals surface area contributed by atoms with Gasteiger partial charge in [0, 0.05) is 20.1 Å². The minimum atomic E-state index is -0.0986. The summed E-state index contributed by atoms with van der Waals surface area (Å²) in [6.07, 6.45) is 0.245. The average Bonchev–Trinajstić information content (AvgIpc) is 1.99. The van der Waals surface area contributed by atoms with Crippen molar-refractivity contribution in [3.05, 3.63) is 0 Å². The number of hydrogen-bond acceptors (Lipinski definition) is 2. The topological polar surface area (TPSA) is 24.5 Å². The molecule has 1 fully saturated rings. The molecule has 0 aromatic carbocycles. The molecule has 0 aromatic rings. The Morgan fingerprint density at radius 1 is 1.62 bits per heavy atom. The molecule has 76 valence electrons. The zero-order chi connectivity index (χ0) is 10.1. The van der Waals surface area contributed by atoms with E-state index in [1.54, 1.807) is 0 Å². The van der Waals surface area contributed by atoms with Crippen molar-refractivity contribution in [2.45, 2.75) is 32.5 Å². The van der Waals surface area contributed by atoms with Crippen LogP contribution < -0.4 is 5.32 Å². The highest BCUT2D eigenvalue weighted by molar-refractivity contribution is 7.80. The Hall–Kier alpha value is -0.350. The summed E-state index contributed by atoms with van der Waals surface area (Å²) < 4.78 is 5.77. The average molecular weight is 202 g/mol. The molecular formula is C9H18N2OS. The lowest BCUT2D eigenvalue weighted by Crippen LogP contribution is -2.55. The quantitative estimate of drug-likeness (QED) is 0.592. The number of morpholine rings is 1. The number of nitrogens with zero attached hydrogens (tertiary/aromatic N) is 1. The van der Waals surface area contributed by atoms with Crippen molar-refractivity contribution in [1.29, 1.82) is 0 Å². The Bertz CT molecular complexity index is 206. The summed E-state index contributed by atoms with van der Waals surface area (Å²) in [4.78, 5) is 2.16. The first-order valence-electron chi connectivity index (χ1n) is 4.59.